The third-order valence-electron chi connectivity index (χ3n) is 2.99. The van der Waals surface area contributed by atoms with Crippen LogP contribution < -0.4 is 14.9 Å². The molecular weight excluding hydrogens is 352 g/mol. The minimum absolute atomic E-state index is 0.146. The summed E-state index contributed by atoms with van der Waals surface area (Å²) in [5.41, 5.74) is 1.31. The van der Waals surface area contributed by atoms with E-state index in [1.807, 2.05) is 0 Å². The molecule has 25 heavy (non-hydrogen) atoms. The van der Waals surface area contributed by atoms with Crippen molar-refractivity contribution >= 4 is 21.9 Å². The van der Waals surface area contributed by atoms with Crippen LogP contribution in [-0.4, -0.2) is 43.3 Å². The lowest BCUT2D eigenvalue weighted by atomic mass is 10.1. The van der Waals surface area contributed by atoms with Crippen molar-refractivity contribution in [2.45, 2.75) is 30.7 Å². The van der Waals surface area contributed by atoms with E-state index in [0.717, 1.165) is 0 Å². The second-order valence-corrected chi connectivity index (χ2v) is 6.48. The van der Waals surface area contributed by atoms with E-state index in [0.29, 0.717) is 5.75 Å². The zero-order valence-corrected chi connectivity index (χ0v) is 14.2. The summed E-state index contributed by atoms with van der Waals surface area (Å²) in [6, 6.07) is 3.95. The Morgan fingerprint density at radius 3 is 2.44 bits per heavy atom. The quantitative estimate of drug-likeness (QED) is 0.274. The number of hydrogen-bond donors (Lipinski definition) is 4. The Labute approximate surface area is 145 Å². The van der Waals surface area contributed by atoms with Crippen LogP contribution in [0.15, 0.2) is 29.2 Å². The Hall–Kier alpha value is -2.61. The molecular formula is C15H18N2O7S. The van der Waals surface area contributed by atoms with Gasteiger partial charge in [-0.25, -0.2) is 13.9 Å². The third-order valence-corrected chi connectivity index (χ3v) is 4.48. The summed E-state index contributed by atoms with van der Waals surface area (Å²) in [6.07, 6.45) is -0.774. The summed E-state index contributed by atoms with van der Waals surface area (Å²) in [5, 5.41) is 17.3. The number of carbonyl (C=O) groups is 2. The van der Waals surface area contributed by atoms with Crippen molar-refractivity contribution in [2.75, 3.05) is 6.61 Å². The summed E-state index contributed by atoms with van der Waals surface area (Å²) in [7, 11) is -4.10. The van der Waals surface area contributed by atoms with E-state index in [1.54, 1.807) is 6.92 Å². The fraction of sp³-hybridized carbons (Fsp3) is 0.333. The lowest BCUT2D eigenvalue weighted by molar-refractivity contribution is -0.137. The van der Waals surface area contributed by atoms with E-state index in [-0.39, 0.29) is 17.9 Å². The van der Waals surface area contributed by atoms with Gasteiger partial charge in [-0.3, -0.25) is 14.8 Å². The number of hydrogen-bond acceptors (Lipinski definition) is 6. The van der Waals surface area contributed by atoms with Gasteiger partial charge in [0.1, 0.15) is 18.4 Å². The van der Waals surface area contributed by atoms with Gasteiger partial charge in [-0.1, -0.05) is 5.92 Å². The molecule has 0 saturated carbocycles. The van der Waals surface area contributed by atoms with Crippen LogP contribution in [-0.2, 0) is 19.6 Å². The predicted octanol–water partition coefficient (Wildman–Crippen LogP) is 0.106. The normalized spacial score (nSPS) is 11.8. The zero-order valence-electron chi connectivity index (χ0n) is 13.4. The Balaban J connectivity index is 2.87. The molecule has 0 aliphatic carbocycles. The number of ether oxygens (including phenoxy) is 1. The highest BCUT2D eigenvalue weighted by Crippen LogP contribution is 2.16. The number of sulfonamides is 1. The molecule has 9 nitrogen and oxygen atoms in total. The van der Waals surface area contributed by atoms with Gasteiger partial charge in [-0.05, 0) is 37.6 Å². The smallest absolute Gasteiger partial charge is 0.303 e. The molecule has 0 bridgehead atoms. The molecule has 1 unspecified atom stereocenters. The largest absolute Gasteiger partial charge is 0.481 e. The fourth-order valence-corrected chi connectivity index (χ4v) is 2.98. The van der Waals surface area contributed by atoms with Crippen molar-refractivity contribution in [3.63, 3.8) is 0 Å². The Bertz CT molecular complexity index is 763. The van der Waals surface area contributed by atoms with Crippen molar-refractivity contribution in [1.29, 1.82) is 0 Å². The third kappa shape index (κ3) is 6.80. The van der Waals surface area contributed by atoms with E-state index in [4.69, 9.17) is 15.1 Å². The van der Waals surface area contributed by atoms with Crippen LogP contribution in [0.25, 0.3) is 0 Å². The van der Waals surface area contributed by atoms with Crippen LogP contribution in [0.3, 0.4) is 0 Å². The van der Waals surface area contributed by atoms with Gasteiger partial charge < -0.3 is 9.84 Å². The van der Waals surface area contributed by atoms with Crippen molar-refractivity contribution in [3.8, 4) is 17.6 Å². The molecule has 1 aromatic rings. The summed E-state index contributed by atoms with van der Waals surface area (Å²) in [5.74, 6) is 3.50. The maximum absolute atomic E-state index is 12.3. The monoisotopic (exact) mass is 370 g/mol. The molecule has 4 N–H and O–H groups in total. The molecule has 1 rings (SSSR count). The lowest BCUT2D eigenvalue weighted by Gasteiger charge is -2.16. The number of hydroxylamine groups is 1. The van der Waals surface area contributed by atoms with Gasteiger partial charge in [0.05, 0.1) is 4.90 Å². The van der Waals surface area contributed by atoms with E-state index in [9.17, 15) is 18.0 Å². The van der Waals surface area contributed by atoms with Crippen LogP contribution >= 0.6 is 0 Å². The zero-order chi connectivity index (χ0) is 18.9. The Kier molecular flexibility index (Phi) is 7.87. The Morgan fingerprint density at radius 2 is 1.92 bits per heavy atom. The maximum Gasteiger partial charge on any atom is 0.303 e. The van der Waals surface area contributed by atoms with Gasteiger partial charge in [0.25, 0.3) is 5.91 Å². The van der Waals surface area contributed by atoms with Crippen LogP contribution in [0.5, 0.6) is 5.75 Å². The van der Waals surface area contributed by atoms with Crippen LogP contribution in [0.4, 0.5) is 0 Å². The topological polar surface area (TPSA) is 142 Å². The molecule has 136 valence electrons. The summed E-state index contributed by atoms with van der Waals surface area (Å²) in [4.78, 5) is 22.0. The molecule has 0 fully saturated rings. The highest BCUT2D eigenvalue weighted by molar-refractivity contribution is 7.89. The summed E-state index contributed by atoms with van der Waals surface area (Å²) in [6.45, 7) is 1.82. The van der Waals surface area contributed by atoms with Gasteiger partial charge in [0.2, 0.25) is 10.0 Å². The van der Waals surface area contributed by atoms with Crippen molar-refractivity contribution in [3.05, 3.63) is 24.3 Å². The van der Waals surface area contributed by atoms with Crippen LogP contribution in [0.1, 0.15) is 19.8 Å². The first-order chi connectivity index (χ1) is 11.8. The second kappa shape index (κ2) is 9.63. The SMILES string of the molecule is CC#CCOc1ccc(S(=O)(=O)NC(CCC(=O)O)C(=O)NO)cc1. The molecule has 1 amide bonds. The van der Waals surface area contributed by atoms with E-state index in [2.05, 4.69) is 16.6 Å². The van der Waals surface area contributed by atoms with Gasteiger partial charge in [0.15, 0.2) is 0 Å². The minimum atomic E-state index is -4.10. The van der Waals surface area contributed by atoms with Gasteiger partial charge in [0, 0.05) is 6.42 Å². The number of amides is 1. The number of nitrogens with one attached hydrogen (secondary N) is 2. The van der Waals surface area contributed by atoms with Crippen molar-refractivity contribution < 1.29 is 33.1 Å². The highest BCUT2D eigenvalue weighted by Gasteiger charge is 2.26. The highest BCUT2D eigenvalue weighted by atomic mass is 32.2. The van der Waals surface area contributed by atoms with Crippen molar-refractivity contribution in [2.24, 2.45) is 0 Å². The molecule has 0 aliphatic heterocycles. The second-order valence-electron chi connectivity index (χ2n) is 4.77. The minimum Gasteiger partial charge on any atom is -0.481 e. The fourth-order valence-electron chi connectivity index (χ4n) is 1.75. The average molecular weight is 370 g/mol. The van der Waals surface area contributed by atoms with E-state index >= 15 is 0 Å². The van der Waals surface area contributed by atoms with Gasteiger partial charge in [-0.2, -0.15) is 4.72 Å². The molecule has 0 aromatic heterocycles. The molecule has 1 atom stereocenters. The number of carboxylic acid groups (broad SMARTS) is 1. The number of rotatable bonds is 9. The molecule has 0 aliphatic rings. The standard InChI is InChI=1S/C15H18N2O7S/c1-2-3-10-24-11-4-6-12(7-5-11)25(22,23)17-13(15(20)16-21)8-9-14(18)19/h4-7,13,17,21H,8-10H2,1H3,(H,16,20)(H,18,19). The number of carbonyl (C=O) groups excluding carboxylic acids is 1. The average Bonchev–Trinajstić information content (AvgIpc) is 2.58. The summed E-state index contributed by atoms with van der Waals surface area (Å²) >= 11 is 0. The lowest BCUT2D eigenvalue weighted by Crippen LogP contribution is -2.46. The van der Waals surface area contributed by atoms with E-state index in [1.165, 1.54) is 29.7 Å². The molecule has 0 heterocycles. The first kappa shape index (κ1) is 20.4. The van der Waals surface area contributed by atoms with E-state index < -0.39 is 34.4 Å². The van der Waals surface area contributed by atoms with Gasteiger partial charge in [-0.15, -0.1) is 5.92 Å². The number of aliphatic carboxylic acids is 1. The first-order valence-electron chi connectivity index (χ1n) is 7.10. The van der Waals surface area contributed by atoms with Crippen LogP contribution in [0.2, 0.25) is 0 Å². The Morgan fingerprint density at radius 1 is 1.28 bits per heavy atom. The molecule has 1 aromatic carbocycles. The number of carboxylic acids is 1. The molecule has 0 spiro atoms. The number of benzene rings is 1. The van der Waals surface area contributed by atoms with Crippen LogP contribution in [0, 0.1) is 11.8 Å². The molecule has 0 radical (unpaired) electrons. The predicted molar refractivity (Wildman–Crippen MR) is 86.3 cm³/mol. The van der Waals surface area contributed by atoms with Gasteiger partial charge >= 0.3 is 5.97 Å². The van der Waals surface area contributed by atoms with Crippen molar-refractivity contribution in [1.82, 2.24) is 10.2 Å². The summed E-state index contributed by atoms with van der Waals surface area (Å²) < 4.78 is 31.9. The first-order valence-corrected chi connectivity index (χ1v) is 8.59. The molecule has 10 heteroatoms. The molecule has 0 saturated heterocycles. The maximum atomic E-state index is 12.3.